The fourth-order valence-electron chi connectivity index (χ4n) is 2.37. The Morgan fingerprint density at radius 1 is 1.16 bits per heavy atom. The summed E-state index contributed by atoms with van der Waals surface area (Å²) < 4.78 is 0. The van der Waals surface area contributed by atoms with Gasteiger partial charge in [-0.15, -0.1) is 0 Å². The number of anilines is 1. The van der Waals surface area contributed by atoms with Crippen molar-refractivity contribution in [2.24, 2.45) is 0 Å². The highest BCUT2D eigenvalue weighted by molar-refractivity contribution is 6.35. The molecule has 5 heteroatoms. The van der Waals surface area contributed by atoms with Crippen LogP contribution in [0.25, 0.3) is 0 Å². The maximum absolute atomic E-state index is 11.8. The SMILES string of the molecule is O=C(CCNC1CCCC1)Nc1cc(Cl)cc(Cl)c1. The molecular formula is C14H18Cl2N2O. The largest absolute Gasteiger partial charge is 0.326 e. The van der Waals surface area contributed by atoms with Gasteiger partial charge in [0.2, 0.25) is 5.91 Å². The number of amides is 1. The van der Waals surface area contributed by atoms with E-state index in [4.69, 9.17) is 23.2 Å². The predicted octanol–water partition coefficient (Wildman–Crippen LogP) is 3.85. The molecule has 1 aromatic rings. The highest BCUT2D eigenvalue weighted by Crippen LogP contribution is 2.22. The van der Waals surface area contributed by atoms with Crippen molar-refractivity contribution in [2.45, 2.75) is 38.1 Å². The lowest BCUT2D eigenvalue weighted by Gasteiger charge is -2.11. The maximum atomic E-state index is 11.8. The molecule has 0 atom stereocenters. The zero-order valence-electron chi connectivity index (χ0n) is 10.7. The van der Waals surface area contributed by atoms with Crippen LogP contribution >= 0.6 is 23.2 Å². The molecule has 1 aliphatic carbocycles. The molecule has 0 heterocycles. The Morgan fingerprint density at radius 2 is 1.79 bits per heavy atom. The topological polar surface area (TPSA) is 41.1 Å². The molecule has 2 rings (SSSR count). The van der Waals surface area contributed by atoms with Gasteiger partial charge in [-0.3, -0.25) is 4.79 Å². The Bertz CT molecular complexity index is 425. The van der Waals surface area contributed by atoms with Gasteiger partial charge in [0.15, 0.2) is 0 Å². The molecule has 0 unspecified atom stereocenters. The summed E-state index contributed by atoms with van der Waals surface area (Å²) >= 11 is 11.8. The minimum Gasteiger partial charge on any atom is -0.326 e. The molecule has 0 aliphatic heterocycles. The Balaban J connectivity index is 1.74. The number of carbonyl (C=O) groups excluding carboxylic acids is 1. The summed E-state index contributed by atoms with van der Waals surface area (Å²) in [5.41, 5.74) is 0.642. The molecule has 1 fully saturated rings. The fourth-order valence-corrected chi connectivity index (χ4v) is 2.90. The van der Waals surface area contributed by atoms with E-state index in [2.05, 4.69) is 10.6 Å². The lowest BCUT2D eigenvalue weighted by atomic mass is 10.2. The summed E-state index contributed by atoms with van der Waals surface area (Å²) in [4.78, 5) is 11.8. The molecule has 0 aromatic heterocycles. The normalized spacial score (nSPS) is 15.7. The smallest absolute Gasteiger partial charge is 0.225 e. The lowest BCUT2D eigenvalue weighted by molar-refractivity contribution is -0.116. The van der Waals surface area contributed by atoms with Crippen LogP contribution in [0.1, 0.15) is 32.1 Å². The molecule has 0 saturated heterocycles. The molecule has 0 spiro atoms. The van der Waals surface area contributed by atoms with E-state index in [-0.39, 0.29) is 5.91 Å². The van der Waals surface area contributed by atoms with E-state index in [1.807, 2.05) is 0 Å². The van der Waals surface area contributed by atoms with Crippen molar-refractivity contribution in [2.75, 3.05) is 11.9 Å². The Hall–Kier alpha value is -0.770. The zero-order chi connectivity index (χ0) is 13.7. The first kappa shape index (κ1) is 14.6. The van der Waals surface area contributed by atoms with Gasteiger partial charge >= 0.3 is 0 Å². The van der Waals surface area contributed by atoms with Crippen molar-refractivity contribution < 1.29 is 4.79 Å². The van der Waals surface area contributed by atoms with Gasteiger partial charge in [0.1, 0.15) is 0 Å². The molecule has 3 nitrogen and oxygen atoms in total. The second-order valence-corrected chi connectivity index (χ2v) is 5.76. The predicted molar refractivity (Wildman–Crippen MR) is 80.0 cm³/mol. The van der Waals surface area contributed by atoms with Crippen LogP contribution in [0.3, 0.4) is 0 Å². The number of halogens is 2. The van der Waals surface area contributed by atoms with Gasteiger partial charge < -0.3 is 10.6 Å². The van der Waals surface area contributed by atoms with Crippen molar-refractivity contribution in [1.29, 1.82) is 0 Å². The number of hydrogen-bond acceptors (Lipinski definition) is 2. The van der Waals surface area contributed by atoms with Gasteiger partial charge in [0, 0.05) is 34.7 Å². The Morgan fingerprint density at radius 3 is 2.42 bits per heavy atom. The fraction of sp³-hybridized carbons (Fsp3) is 0.500. The van der Waals surface area contributed by atoms with Crippen molar-refractivity contribution in [3.05, 3.63) is 28.2 Å². The second kappa shape index (κ2) is 7.13. The third kappa shape index (κ3) is 5.01. The highest BCUT2D eigenvalue weighted by Gasteiger charge is 2.14. The summed E-state index contributed by atoms with van der Waals surface area (Å²) in [6.07, 6.45) is 5.51. The first-order valence-corrected chi connectivity index (χ1v) is 7.38. The molecular weight excluding hydrogens is 283 g/mol. The third-order valence-corrected chi connectivity index (χ3v) is 3.72. The quantitative estimate of drug-likeness (QED) is 0.867. The minimum atomic E-state index is -0.0242. The maximum Gasteiger partial charge on any atom is 0.225 e. The van der Waals surface area contributed by atoms with Crippen LogP contribution in [0.5, 0.6) is 0 Å². The third-order valence-electron chi connectivity index (χ3n) is 3.29. The zero-order valence-corrected chi connectivity index (χ0v) is 12.2. The van der Waals surface area contributed by atoms with Crippen molar-refractivity contribution >= 4 is 34.8 Å². The molecule has 1 aliphatic rings. The van der Waals surface area contributed by atoms with Crippen molar-refractivity contribution in [1.82, 2.24) is 5.32 Å². The monoisotopic (exact) mass is 300 g/mol. The van der Waals surface area contributed by atoms with Crippen LogP contribution in [-0.4, -0.2) is 18.5 Å². The average molecular weight is 301 g/mol. The van der Waals surface area contributed by atoms with Gasteiger partial charge in [0.05, 0.1) is 0 Å². The van der Waals surface area contributed by atoms with Gasteiger partial charge in [-0.05, 0) is 31.0 Å². The number of nitrogens with one attached hydrogen (secondary N) is 2. The summed E-state index contributed by atoms with van der Waals surface area (Å²) in [6, 6.07) is 5.61. The van der Waals surface area contributed by atoms with Gasteiger partial charge in [0.25, 0.3) is 0 Å². The van der Waals surface area contributed by atoms with E-state index < -0.39 is 0 Å². The van der Waals surface area contributed by atoms with Crippen molar-refractivity contribution in [3.63, 3.8) is 0 Å². The molecule has 19 heavy (non-hydrogen) atoms. The number of benzene rings is 1. The van der Waals surface area contributed by atoms with Crippen LogP contribution in [0, 0.1) is 0 Å². The molecule has 2 N–H and O–H groups in total. The number of hydrogen-bond donors (Lipinski definition) is 2. The molecule has 0 bridgehead atoms. The van der Waals surface area contributed by atoms with Gasteiger partial charge in [-0.25, -0.2) is 0 Å². The summed E-state index contributed by atoms with van der Waals surface area (Å²) in [6.45, 7) is 0.713. The summed E-state index contributed by atoms with van der Waals surface area (Å²) in [5.74, 6) is -0.0242. The Kier molecular flexibility index (Phi) is 5.49. The standard InChI is InChI=1S/C14H18Cl2N2O/c15-10-7-11(16)9-13(8-10)18-14(19)5-6-17-12-3-1-2-4-12/h7-9,12,17H,1-6H2,(H,18,19). The van der Waals surface area contributed by atoms with Crippen LogP contribution in [0.2, 0.25) is 10.0 Å². The van der Waals surface area contributed by atoms with Crippen molar-refractivity contribution in [3.8, 4) is 0 Å². The van der Waals surface area contributed by atoms with E-state index in [1.54, 1.807) is 18.2 Å². The lowest BCUT2D eigenvalue weighted by Crippen LogP contribution is -2.29. The minimum absolute atomic E-state index is 0.0242. The average Bonchev–Trinajstić information content (AvgIpc) is 2.80. The van der Waals surface area contributed by atoms with E-state index in [0.29, 0.717) is 34.7 Å². The summed E-state index contributed by atoms with van der Waals surface area (Å²) in [5, 5.41) is 7.25. The first-order chi connectivity index (χ1) is 9.13. The molecule has 1 saturated carbocycles. The van der Waals surface area contributed by atoms with Crippen LogP contribution in [0.4, 0.5) is 5.69 Å². The molecule has 1 amide bonds. The molecule has 1 aromatic carbocycles. The number of carbonyl (C=O) groups is 1. The van der Waals surface area contributed by atoms with E-state index in [1.165, 1.54) is 25.7 Å². The van der Waals surface area contributed by atoms with Gasteiger partial charge in [-0.2, -0.15) is 0 Å². The van der Waals surface area contributed by atoms with Crippen LogP contribution in [0.15, 0.2) is 18.2 Å². The van der Waals surface area contributed by atoms with E-state index in [9.17, 15) is 4.79 Å². The second-order valence-electron chi connectivity index (χ2n) is 4.89. The Labute approximate surface area is 123 Å². The van der Waals surface area contributed by atoms with Crippen LogP contribution < -0.4 is 10.6 Å². The highest BCUT2D eigenvalue weighted by atomic mass is 35.5. The first-order valence-electron chi connectivity index (χ1n) is 6.63. The van der Waals surface area contributed by atoms with Gasteiger partial charge in [-0.1, -0.05) is 36.0 Å². The van der Waals surface area contributed by atoms with E-state index in [0.717, 1.165) is 0 Å². The van der Waals surface area contributed by atoms with E-state index >= 15 is 0 Å². The number of rotatable bonds is 5. The molecule has 104 valence electrons. The molecule has 0 radical (unpaired) electrons. The van der Waals surface area contributed by atoms with Crippen LogP contribution in [-0.2, 0) is 4.79 Å². The summed E-state index contributed by atoms with van der Waals surface area (Å²) in [7, 11) is 0.